The number of hydrogen-bond donors (Lipinski definition) is 0. The van der Waals surface area contributed by atoms with E-state index < -0.39 is 0 Å². The van der Waals surface area contributed by atoms with Crippen molar-refractivity contribution in [2.75, 3.05) is 7.11 Å². The van der Waals surface area contributed by atoms with Crippen molar-refractivity contribution in [2.45, 2.75) is 25.7 Å². The summed E-state index contributed by atoms with van der Waals surface area (Å²) in [5, 5.41) is 0. The van der Waals surface area contributed by atoms with Crippen LogP contribution in [-0.4, -0.2) is 12.9 Å². The number of ether oxygens (including phenoxy) is 1. The highest BCUT2D eigenvalue weighted by Crippen LogP contribution is 2.30. The molecule has 0 atom stereocenters. The van der Waals surface area contributed by atoms with Crippen LogP contribution in [0.15, 0.2) is 24.3 Å². The van der Waals surface area contributed by atoms with Gasteiger partial charge >= 0.3 is 0 Å². The molecule has 0 saturated heterocycles. The number of Topliss-reactive ketones (excluding diaryl/α,β-unsaturated/α-hetero) is 1. The average Bonchev–Trinajstić information content (AvgIpc) is 2.81. The first-order valence-corrected chi connectivity index (χ1v) is 5.50. The number of methoxy groups -OCH3 is 1. The number of carbonyl (C=O) groups excluding carboxylic acids is 1. The van der Waals surface area contributed by atoms with Crippen molar-refractivity contribution < 1.29 is 9.53 Å². The third-order valence-corrected chi connectivity index (χ3v) is 3.10. The first-order chi connectivity index (χ1) is 7.33. The van der Waals surface area contributed by atoms with E-state index in [9.17, 15) is 4.79 Å². The quantitative estimate of drug-likeness (QED) is 0.707. The summed E-state index contributed by atoms with van der Waals surface area (Å²) in [6.45, 7) is 0. The van der Waals surface area contributed by atoms with Crippen LogP contribution in [0.2, 0.25) is 0 Å². The highest BCUT2D eigenvalue weighted by Gasteiger charge is 2.25. The van der Waals surface area contributed by atoms with Crippen LogP contribution in [0.5, 0.6) is 5.75 Å². The number of hydrogen-bond acceptors (Lipinski definition) is 2. The molecule has 0 heterocycles. The monoisotopic (exact) mass is 204 g/mol. The molecule has 0 bridgehead atoms. The third kappa shape index (κ3) is 2.04. The van der Waals surface area contributed by atoms with E-state index in [0.717, 1.165) is 18.4 Å². The van der Waals surface area contributed by atoms with Crippen molar-refractivity contribution in [2.24, 2.45) is 5.92 Å². The molecule has 0 radical (unpaired) electrons. The summed E-state index contributed by atoms with van der Waals surface area (Å²) >= 11 is 0. The molecule has 1 aromatic rings. The molecular formula is C13H16O2. The van der Waals surface area contributed by atoms with E-state index in [0.29, 0.717) is 5.75 Å². The fraction of sp³-hybridized carbons (Fsp3) is 0.462. The van der Waals surface area contributed by atoms with Gasteiger partial charge in [-0.1, -0.05) is 25.0 Å². The van der Waals surface area contributed by atoms with Crippen LogP contribution in [-0.2, 0) is 0 Å². The lowest BCUT2D eigenvalue weighted by atomic mass is 9.96. The van der Waals surface area contributed by atoms with Gasteiger partial charge in [0.1, 0.15) is 5.75 Å². The number of para-hydroxylation sites is 1. The summed E-state index contributed by atoms with van der Waals surface area (Å²) < 4.78 is 5.21. The average molecular weight is 204 g/mol. The van der Waals surface area contributed by atoms with E-state index in [1.54, 1.807) is 7.11 Å². The molecule has 1 aliphatic carbocycles. The summed E-state index contributed by atoms with van der Waals surface area (Å²) in [5.41, 5.74) is 0.743. The van der Waals surface area contributed by atoms with E-state index >= 15 is 0 Å². The Morgan fingerprint density at radius 3 is 2.60 bits per heavy atom. The van der Waals surface area contributed by atoms with E-state index in [1.807, 2.05) is 24.3 Å². The molecule has 0 N–H and O–H groups in total. The van der Waals surface area contributed by atoms with Crippen molar-refractivity contribution in [3.05, 3.63) is 29.8 Å². The molecule has 80 valence electrons. The first kappa shape index (κ1) is 10.2. The molecule has 15 heavy (non-hydrogen) atoms. The predicted molar refractivity (Wildman–Crippen MR) is 59.3 cm³/mol. The normalized spacial score (nSPS) is 16.6. The van der Waals surface area contributed by atoms with Gasteiger partial charge in [-0.3, -0.25) is 4.79 Å². The number of ketones is 1. The molecule has 0 aromatic heterocycles. The van der Waals surface area contributed by atoms with Crippen molar-refractivity contribution >= 4 is 5.78 Å². The molecule has 0 spiro atoms. The van der Waals surface area contributed by atoms with Crippen LogP contribution >= 0.6 is 0 Å². The summed E-state index contributed by atoms with van der Waals surface area (Å²) in [6, 6.07) is 7.50. The second kappa shape index (κ2) is 4.47. The van der Waals surface area contributed by atoms with Gasteiger partial charge in [-0.2, -0.15) is 0 Å². The summed E-state index contributed by atoms with van der Waals surface area (Å²) in [5.74, 6) is 1.18. The van der Waals surface area contributed by atoms with E-state index in [1.165, 1.54) is 12.8 Å². The minimum absolute atomic E-state index is 0.223. The SMILES string of the molecule is COc1ccccc1C(=O)C1CCCC1. The fourth-order valence-corrected chi connectivity index (χ4v) is 2.26. The largest absolute Gasteiger partial charge is 0.496 e. The molecule has 2 nitrogen and oxygen atoms in total. The van der Waals surface area contributed by atoms with Gasteiger partial charge in [-0.15, -0.1) is 0 Å². The highest BCUT2D eigenvalue weighted by molar-refractivity contribution is 6.00. The van der Waals surface area contributed by atoms with Crippen molar-refractivity contribution in [3.63, 3.8) is 0 Å². The zero-order chi connectivity index (χ0) is 10.7. The summed E-state index contributed by atoms with van der Waals surface area (Å²) in [6.07, 6.45) is 4.45. The Morgan fingerprint density at radius 2 is 1.93 bits per heavy atom. The maximum Gasteiger partial charge on any atom is 0.169 e. The standard InChI is InChI=1S/C13H16O2/c1-15-12-9-5-4-8-11(12)13(14)10-6-2-3-7-10/h4-5,8-10H,2-3,6-7H2,1H3. The Hall–Kier alpha value is -1.31. The fourth-order valence-electron chi connectivity index (χ4n) is 2.26. The maximum absolute atomic E-state index is 12.1. The van der Waals surface area contributed by atoms with Gasteiger partial charge in [0.05, 0.1) is 12.7 Å². The lowest BCUT2D eigenvalue weighted by Gasteiger charge is -2.11. The van der Waals surface area contributed by atoms with E-state index in [-0.39, 0.29) is 11.7 Å². The molecule has 2 heteroatoms. The Kier molecular flexibility index (Phi) is 3.05. The van der Waals surface area contributed by atoms with Crippen LogP contribution in [0, 0.1) is 5.92 Å². The maximum atomic E-state index is 12.1. The van der Waals surface area contributed by atoms with Crippen molar-refractivity contribution in [3.8, 4) is 5.75 Å². The first-order valence-electron chi connectivity index (χ1n) is 5.50. The van der Waals surface area contributed by atoms with Gasteiger partial charge < -0.3 is 4.74 Å². The second-order valence-corrected chi connectivity index (χ2v) is 4.05. The van der Waals surface area contributed by atoms with Crippen LogP contribution in [0.1, 0.15) is 36.0 Å². The van der Waals surface area contributed by atoms with Crippen LogP contribution in [0.3, 0.4) is 0 Å². The lowest BCUT2D eigenvalue weighted by Crippen LogP contribution is -2.12. The molecule has 1 fully saturated rings. The Bertz CT molecular complexity index is 351. The zero-order valence-electron chi connectivity index (χ0n) is 9.03. The van der Waals surface area contributed by atoms with E-state index in [2.05, 4.69) is 0 Å². The van der Waals surface area contributed by atoms with Gasteiger partial charge in [0, 0.05) is 5.92 Å². The van der Waals surface area contributed by atoms with Gasteiger partial charge in [0.15, 0.2) is 5.78 Å². The van der Waals surface area contributed by atoms with Crippen LogP contribution in [0.25, 0.3) is 0 Å². The van der Waals surface area contributed by atoms with Gasteiger partial charge in [-0.25, -0.2) is 0 Å². The van der Waals surface area contributed by atoms with Gasteiger partial charge in [0.2, 0.25) is 0 Å². The molecule has 1 saturated carbocycles. The predicted octanol–water partition coefficient (Wildman–Crippen LogP) is 3.07. The molecule has 0 aliphatic heterocycles. The molecule has 0 unspecified atom stereocenters. The topological polar surface area (TPSA) is 26.3 Å². The molecule has 1 aliphatic rings. The molecule has 0 amide bonds. The molecule has 1 aromatic carbocycles. The van der Waals surface area contributed by atoms with Crippen molar-refractivity contribution in [1.82, 2.24) is 0 Å². The lowest BCUT2D eigenvalue weighted by molar-refractivity contribution is 0.0920. The number of carbonyl (C=O) groups is 1. The molecule has 2 rings (SSSR count). The second-order valence-electron chi connectivity index (χ2n) is 4.05. The minimum atomic E-state index is 0.223. The summed E-state index contributed by atoms with van der Waals surface area (Å²) in [4.78, 5) is 12.1. The van der Waals surface area contributed by atoms with Crippen LogP contribution < -0.4 is 4.74 Å². The van der Waals surface area contributed by atoms with Gasteiger partial charge in [-0.05, 0) is 25.0 Å². The molecular weight excluding hydrogens is 188 g/mol. The number of rotatable bonds is 3. The number of benzene rings is 1. The van der Waals surface area contributed by atoms with Crippen molar-refractivity contribution in [1.29, 1.82) is 0 Å². The Balaban J connectivity index is 2.24. The zero-order valence-corrected chi connectivity index (χ0v) is 9.03. The third-order valence-electron chi connectivity index (χ3n) is 3.10. The summed E-state index contributed by atoms with van der Waals surface area (Å²) in [7, 11) is 1.61. The van der Waals surface area contributed by atoms with Crippen LogP contribution in [0.4, 0.5) is 0 Å². The minimum Gasteiger partial charge on any atom is -0.496 e. The Labute approximate surface area is 90.3 Å². The van der Waals surface area contributed by atoms with Gasteiger partial charge in [0.25, 0.3) is 0 Å². The Morgan fingerprint density at radius 1 is 1.27 bits per heavy atom. The highest BCUT2D eigenvalue weighted by atomic mass is 16.5. The smallest absolute Gasteiger partial charge is 0.169 e. The van der Waals surface area contributed by atoms with E-state index in [4.69, 9.17) is 4.74 Å².